The second-order valence-corrected chi connectivity index (χ2v) is 6.37. The van der Waals surface area contributed by atoms with Crippen LogP contribution < -0.4 is 10.2 Å². The molecule has 1 N–H and O–H groups in total. The number of hydrogen-bond donors (Lipinski definition) is 1. The van der Waals surface area contributed by atoms with Crippen LogP contribution in [0.4, 0.5) is 10.5 Å². The van der Waals surface area contributed by atoms with Crippen molar-refractivity contribution in [3.05, 3.63) is 30.3 Å². The van der Waals surface area contributed by atoms with Gasteiger partial charge < -0.3 is 15.0 Å². The Hall–Kier alpha value is -2.90. The van der Waals surface area contributed by atoms with Gasteiger partial charge in [-0.3, -0.25) is 19.3 Å². The Kier molecular flexibility index (Phi) is 5.64. The molecule has 8 heteroatoms. The van der Waals surface area contributed by atoms with Crippen molar-refractivity contribution in [1.82, 2.24) is 10.2 Å². The van der Waals surface area contributed by atoms with Crippen LogP contribution in [0, 0.1) is 0 Å². The van der Waals surface area contributed by atoms with E-state index in [-0.39, 0.29) is 0 Å². The fourth-order valence-electron chi connectivity index (χ4n) is 2.60. The number of para-hydroxylation sites is 1. The van der Waals surface area contributed by atoms with Crippen molar-refractivity contribution in [2.75, 3.05) is 18.5 Å². The number of amides is 4. The van der Waals surface area contributed by atoms with E-state index >= 15 is 0 Å². The van der Waals surface area contributed by atoms with Crippen molar-refractivity contribution in [3.8, 4) is 0 Å². The molecule has 1 fully saturated rings. The van der Waals surface area contributed by atoms with E-state index in [1.54, 1.807) is 45.2 Å². The lowest BCUT2D eigenvalue weighted by Crippen LogP contribution is -2.44. The molecule has 2 unspecified atom stereocenters. The predicted molar refractivity (Wildman–Crippen MR) is 94.3 cm³/mol. The molecule has 2 atom stereocenters. The maximum atomic E-state index is 12.4. The highest BCUT2D eigenvalue weighted by Crippen LogP contribution is 2.20. The lowest BCUT2D eigenvalue weighted by Gasteiger charge is -2.22. The third kappa shape index (κ3) is 3.84. The number of hydrogen-bond acceptors (Lipinski definition) is 5. The Bertz CT molecular complexity index is 721. The van der Waals surface area contributed by atoms with Crippen molar-refractivity contribution in [1.29, 1.82) is 0 Å². The number of nitrogens with zero attached hydrogens (tertiary/aromatic N) is 2. The Morgan fingerprint density at radius 3 is 2.42 bits per heavy atom. The fraction of sp³-hybridized carbons (Fsp3) is 0.444. The summed E-state index contributed by atoms with van der Waals surface area (Å²) in [5, 5.41) is 2.56. The molecule has 0 aliphatic carbocycles. The van der Waals surface area contributed by atoms with E-state index in [0.29, 0.717) is 12.1 Å². The minimum Gasteiger partial charge on any atom is -0.451 e. The van der Waals surface area contributed by atoms with E-state index in [9.17, 15) is 19.2 Å². The molecule has 8 nitrogen and oxygen atoms in total. The summed E-state index contributed by atoms with van der Waals surface area (Å²) < 4.78 is 5.11. The maximum Gasteiger partial charge on any atom is 0.327 e. The number of imide groups is 1. The van der Waals surface area contributed by atoms with Crippen molar-refractivity contribution in [2.45, 2.75) is 38.8 Å². The van der Waals surface area contributed by atoms with Crippen molar-refractivity contribution < 1.29 is 23.9 Å². The van der Waals surface area contributed by atoms with Crippen LogP contribution in [0.5, 0.6) is 0 Å². The number of carbonyl (C=O) groups is 4. The molecule has 26 heavy (non-hydrogen) atoms. The van der Waals surface area contributed by atoms with Gasteiger partial charge in [0.1, 0.15) is 12.1 Å². The molecule has 1 aromatic carbocycles. The Morgan fingerprint density at radius 2 is 1.88 bits per heavy atom. The summed E-state index contributed by atoms with van der Waals surface area (Å²) in [5.41, 5.74) is -0.361. The standard InChI is InChI=1S/C18H23N3O5/c1-5-18(3)16(24)21(17(25)19-18)11-14(22)26-12(2)15(23)20(4)13-9-7-6-8-10-13/h6-10,12H,5,11H2,1-4H3,(H,19,25). The number of anilines is 1. The van der Waals surface area contributed by atoms with Gasteiger partial charge in [-0.05, 0) is 32.4 Å². The molecule has 0 spiro atoms. The van der Waals surface area contributed by atoms with Crippen molar-refractivity contribution in [2.24, 2.45) is 0 Å². The lowest BCUT2D eigenvalue weighted by atomic mass is 9.99. The molecule has 1 saturated heterocycles. The monoisotopic (exact) mass is 361 g/mol. The molecule has 1 aliphatic heterocycles. The molecule has 1 heterocycles. The van der Waals surface area contributed by atoms with Crippen LogP contribution in [0.25, 0.3) is 0 Å². The van der Waals surface area contributed by atoms with Gasteiger partial charge in [0.25, 0.3) is 11.8 Å². The Morgan fingerprint density at radius 1 is 1.27 bits per heavy atom. The molecular weight excluding hydrogens is 338 g/mol. The Labute approximate surface area is 152 Å². The van der Waals surface area contributed by atoms with Crippen LogP contribution in [0.3, 0.4) is 0 Å². The molecule has 0 radical (unpaired) electrons. The zero-order valence-electron chi connectivity index (χ0n) is 15.3. The lowest BCUT2D eigenvalue weighted by molar-refractivity contribution is -0.155. The smallest absolute Gasteiger partial charge is 0.327 e. The maximum absolute atomic E-state index is 12.4. The number of benzene rings is 1. The van der Waals surface area contributed by atoms with Gasteiger partial charge in [0, 0.05) is 12.7 Å². The van der Waals surface area contributed by atoms with Crippen molar-refractivity contribution >= 4 is 29.5 Å². The van der Waals surface area contributed by atoms with Crippen LogP contribution in [0.1, 0.15) is 27.2 Å². The van der Waals surface area contributed by atoms with Gasteiger partial charge in [0.05, 0.1) is 0 Å². The first-order valence-corrected chi connectivity index (χ1v) is 8.36. The van der Waals surface area contributed by atoms with Gasteiger partial charge in [-0.25, -0.2) is 4.79 Å². The van der Waals surface area contributed by atoms with E-state index in [4.69, 9.17) is 4.74 Å². The fourth-order valence-corrected chi connectivity index (χ4v) is 2.60. The zero-order chi connectivity index (χ0) is 19.5. The average molecular weight is 361 g/mol. The summed E-state index contributed by atoms with van der Waals surface area (Å²) in [6.07, 6.45) is -0.647. The number of esters is 1. The van der Waals surface area contributed by atoms with E-state index < -0.39 is 42.0 Å². The van der Waals surface area contributed by atoms with E-state index in [1.807, 2.05) is 6.07 Å². The minimum atomic E-state index is -1.05. The molecule has 0 saturated carbocycles. The normalized spacial score (nSPS) is 20.5. The zero-order valence-corrected chi connectivity index (χ0v) is 15.3. The Balaban J connectivity index is 1.96. The number of ether oxygens (including phenoxy) is 1. The van der Waals surface area contributed by atoms with Crippen LogP contribution in [-0.2, 0) is 19.1 Å². The van der Waals surface area contributed by atoms with Crippen LogP contribution in [0.15, 0.2) is 30.3 Å². The summed E-state index contributed by atoms with van der Waals surface area (Å²) in [6, 6.07) is 8.27. The third-order valence-electron chi connectivity index (χ3n) is 4.47. The SMILES string of the molecule is CCC1(C)NC(=O)N(CC(=O)OC(C)C(=O)N(C)c2ccccc2)C1=O. The first kappa shape index (κ1) is 19.4. The molecule has 1 aliphatic rings. The number of carbonyl (C=O) groups excluding carboxylic acids is 4. The first-order valence-electron chi connectivity index (χ1n) is 8.36. The number of urea groups is 1. The molecule has 2 rings (SSSR count). The van der Waals surface area contributed by atoms with E-state index in [2.05, 4.69) is 5.32 Å². The predicted octanol–water partition coefficient (Wildman–Crippen LogP) is 1.30. The highest BCUT2D eigenvalue weighted by atomic mass is 16.5. The quantitative estimate of drug-likeness (QED) is 0.609. The van der Waals surface area contributed by atoms with Gasteiger partial charge in [0.2, 0.25) is 0 Å². The highest BCUT2D eigenvalue weighted by Gasteiger charge is 2.47. The molecule has 0 bridgehead atoms. The number of nitrogens with one attached hydrogen (secondary N) is 1. The molecule has 140 valence electrons. The van der Waals surface area contributed by atoms with E-state index in [0.717, 1.165) is 4.90 Å². The topological polar surface area (TPSA) is 96.0 Å². The summed E-state index contributed by atoms with van der Waals surface area (Å²) in [6.45, 7) is 4.27. The van der Waals surface area contributed by atoms with Gasteiger partial charge in [0.15, 0.2) is 6.10 Å². The van der Waals surface area contributed by atoms with Gasteiger partial charge >= 0.3 is 12.0 Å². The molecular formula is C18H23N3O5. The van der Waals surface area contributed by atoms with Gasteiger partial charge in [-0.2, -0.15) is 0 Å². The molecule has 4 amide bonds. The van der Waals surface area contributed by atoms with Gasteiger partial charge in [-0.15, -0.1) is 0 Å². The molecule has 0 aromatic heterocycles. The van der Waals surface area contributed by atoms with Crippen LogP contribution >= 0.6 is 0 Å². The average Bonchev–Trinajstić information content (AvgIpc) is 2.84. The van der Waals surface area contributed by atoms with Crippen LogP contribution in [-0.4, -0.2) is 54.0 Å². The van der Waals surface area contributed by atoms with Gasteiger partial charge in [-0.1, -0.05) is 25.1 Å². The van der Waals surface area contributed by atoms with E-state index in [1.165, 1.54) is 11.8 Å². The second-order valence-electron chi connectivity index (χ2n) is 6.37. The third-order valence-corrected chi connectivity index (χ3v) is 4.47. The number of rotatable bonds is 6. The highest BCUT2D eigenvalue weighted by molar-refractivity contribution is 6.08. The van der Waals surface area contributed by atoms with Crippen molar-refractivity contribution in [3.63, 3.8) is 0 Å². The summed E-state index contributed by atoms with van der Waals surface area (Å²) in [4.78, 5) is 50.9. The largest absolute Gasteiger partial charge is 0.451 e. The summed E-state index contributed by atoms with van der Waals surface area (Å²) in [5.74, 6) is -1.72. The number of likely N-dealkylation sites (N-methyl/N-ethyl adjacent to an activating group) is 1. The summed E-state index contributed by atoms with van der Waals surface area (Å²) >= 11 is 0. The summed E-state index contributed by atoms with van der Waals surface area (Å²) in [7, 11) is 1.58. The first-order chi connectivity index (χ1) is 12.2. The molecule has 1 aromatic rings. The minimum absolute atomic E-state index is 0.403. The van der Waals surface area contributed by atoms with Crippen LogP contribution in [0.2, 0.25) is 0 Å². The second kappa shape index (κ2) is 7.55.